The molecule has 0 aliphatic carbocycles. The molecule has 0 bridgehead atoms. The first kappa shape index (κ1) is 30.5. The van der Waals surface area contributed by atoms with Gasteiger partial charge in [-0.25, -0.2) is 14.4 Å². The molecule has 1 aromatic heterocycles. The Bertz CT molecular complexity index is 1380. The van der Waals surface area contributed by atoms with E-state index in [1.807, 2.05) is 26.0 Å². The standard InChI is InChI=1S/C27H34ClFN8O3/c1-8-24(38)32-20-13-21(23(40-7)14-22(20)37(6)10-9-36(4)5)34-26-31-15-30-25(35-26)33-19-12-18(29)17(28)11-16(19)27(2,3)39/h8,11-15,39H,1,9-10H2,2-7H3,(H,32,38)(H2,30,31,33,34,35). The van der Waals surface area contributed by atoms with Crippen molar-refractivity contribution in [1.29, 1.82) is 0 Å². The van der Waals surface area contributed by atoms with Crippen LogP contribution in [0.5, 0.6) is 5.75 Å². The highest BCUT2D eigenvalue weighted by Crippen LogP contribution is 2.38. The van der Waals surface area contributed by atoms with Gasteiger partial charge in [0.1, 0.15) is 17.9 Å². The Morgan fingerprint density at radius 2 is 1.75 bits per heavy atom. The van der Waals surface area contributed by atoms with E-state index in [4.69, 9.17) is 16.3 Å². The van der Waals surface area contributed by atoms with E-state index in [9.17, 15) is 14.3 Å². The van der Waals surface area contributed by atoms with Gasteiger partial charge < -0.3 is 35.6 Å². The van der Waals surface area contributed by atoms with Crippen LogP contribution in [0.15, 0.2) is 43.2 Å². The minimum atomic E-state index is -1.32. The summed E-state index contributed by atoms with van der Waals surface area (Å²) in [7, 11) is 7.41. The number of rotatable bonds is 12. The largest absolute Gasteiger partial charge is 0.494 e. The zero-order valence-electron chi connectivity index (χ0n) is 23.3. The molecule has 0 saturated heterocycles. The molecule has 3 rings (SSSR count). The molecule has 11 nitrogen and oxygen atoms in total. The second-order valence-electron chi connectivity index (χ2n) is 9.74. The van der Waals surface area contributed by atoms with E-state index < -0.39 is 11.4 Å². The molecule has 0 spiro atoms. The lowest BCUT2D eigenvalue weighted by molar-refractivity contribution is -0.111. The Balaban J connectivity index is 1.97. The number of halogens is 2. The van der Waals surface area contributed by atoms with Crippen LogP contribution in [0.2, 0.25) is 5.02 Å². The second kappa shape index (κ2) is 12.9. The average Bonchev–Trinajstić information content (AvgIpc) is 2.88. The smallest absolute Gasteiger partial charge is 0.247 e. The topological polar surface area (TPSA) is 128 Å². The van der Waals surface area contributed by atoms with Crippen LogP contribution in [0.25, 0.3) is 0 Å². The Labute approximate surface area is 238 Å². The predicted molar refractivity (Wildman–Crippen MR) is 157 cm³/mol. The highest BCUT2D eigenvalue weighted by Gasteiger charge is 2.23. The molecule has 0 unspecified atom stereocenters. The summed E-state index contributed by atoms with van der Waals surface area (Å²) in [5, 5.41) is 19.3. The van der Waals surface area contributed by atoms with Crippen LogP contribution in [0.4, 0.5) is 39.0 Å². The maximum atomic E-state index is 14.3. The molecule has 2 aromatic carbocycles. The van der Waals surface area contributed by atoms with E-state index in [0.717, 1.165) is 18.3 Å². The van der Waals surface area contributed by atoms with Gasteiger partial charge >= 0.3 is 0 Å². The fourth-order valence-corrected chi connectivity index (χ4v) is 3.88. The number of aliphatic hydroxyl groups is 1. The lowest BCUT2D eigenvalue weighted by Crippen LogP contribution is -2.29. The lowest BCUT2D eigenvalue weighted by Gasteiger charge is -2.26. The number of nitrogens with one attached hydrogen (secondary N) is 3. The molecular formula is C27H34ClFN8O3. The van der Waals surface area contributed by atoms with Crippen LogP contribution in [0, 0.1) is 5.82 Å². The quantitative estimate of drug-likeness (QED) is 0.230. The first-order valence-corrected chi connectivity index (χ1v) is 12.7. The molecule has 0 saturated carbocycles. The fraction of sp³-hybridized carbons (Fsp3) is 0.333. The summed E-state index contributed by atoms with van der Waals surface area (Å²) in [6, 6.07) is 6.01. The molecule has 1 amide bonds. The number of hydrogen-bond donors (Lipinski definition) is 4. The van der Waals surface area contributed by atoms with Gasteiger partial charge in [0.25, 0.3) is 0 Å². The van der Waals surface area contributed by atoms with E-state index in [-0.39, 0.29) is 28.5 Å². The van der Waals surface area contributed by atoms with Gasteiger partial charge in [-0.1, -0.05) is 18.2 Å². The van der Waals surface area contributed by atoms with Crippen LogP contribution in [-0.4, -0.2) is 72.2 Å². The number of likely N-dealkylation sites (N-methyl/N-ethyl adjacent to an activating group) is 2. The number of amides is 1. The first-order valence-electron chi connectivity index (χ1n) is 12.3. The van der Waals surface area contributed by atoms with Gasteiger partial charge in [-0.15, -0.1) is 0 Å². The predicted octanol–water partition coefficient (Wildman–Crippen LogP) is 4.51. The third-order valence-electron chi connectivity index (χ3n) is 5.84. The molecule has 214 valence electrons. The molecule has 0 atom stereocenters. The zero-order chi connectivity index (χ0) is 29.6. The highest BCUT2D eigenvalue weighted by molar-refractivity contribution is 6.30. The van der Waals surface area contributed by atoms with Crippen molar-refractivity contribution in [3.05, 3.63) is 59.7 Å². The maximum Gasteiger partial charge on any atom is 0.247 e. The molecule has 40 heavy (non-hydrogen) atoms. The third kappa shape index (κ3) is 7.78. The minimum absolute atomic E-state index is 0.0870. The molecule has 4 N–H and O–H groups in total. The van der Waals surface area contributed by atoms with Crippen LogP contribution < -0.4 is 25.6 Å². The van der Waals surface area contributed by atoms with Gasteiger partial charge in [-0.2, -0.15) is 4.98 Å². The molecule has 3 aromatic rings. The minimum Gasteiger partial charge on any atom is -0.494 e. The summed E-state index contributed by atoms with van der Waals surface area (Å²) in [4.78, 5) is 28.9. The van der Waals surface area contributed by atoms with Crippen molar-refractivity contribution >= 4 is 52.2 Å². The van der Waals surface area contributed by atoms with Gasteiger partial charge in [0.15, 0.2) is 0 Å². The van der Waals surface area contributed by atoms with Crippen molar-refractivity contribution in [1.82, 2.24) is 19.9 Å². The van der Waals surface area contributed by atoms with Gasteiger partial charge in [0, 0.05) is 37.5 Å². The highest BCUT2D eigenvalue weighted by atomic mass is 35.5. The number of aromatic nitrogens is 3. The van der Waals surface area contributed by atoms with E-state index in [1.165, 1.54) is 25.6 Å². The molecule has 0 aliphatic rings. The number of methoxy groups -OCH3 is 1. The summed E-state index contributed by atoms with van der Waals surface area (Å²) < 4.78 is 19.9. The van der Waals surface area contributed by atoms with E-state index >= 15 is 0 Å². The average molecular weight is 573 g/mol. The molecule has 0 aliphatic heterocycles. The van der Waals surface area contributed by atoms with Gasteiger partial charge in [0.05, 0.1) is 34.8 Å². The van der Waals surface area contributed by atoms with Crippen molar-refractivity contribution in [3.8, 4) is 5.75 Å². The van der Waals surface area contributed by atoms with Crippen LogP contribution in [-0.2, 0) is 10.4 Å². The van der Waals surface area contributed by atoms with E-state index in [2.05, 4.69) is 42.4 Å². The van der Waals surface area contributed by atoms with Crippen molar-refractivity contribution < 1.29 is 19.0 Å². The molecule has 1 heterocycles. The second-order valence-corrected chi connectivity index (χ2v) is 10.1. The summed E-state index contributed by atoms with van der Waals surface area (Å²) >= 11 is 5.94. The van der Waals surface area contributed by atoms with Crippen LogP contribution in [0.3, 0.4) is 0 Å². The maximum absolute atomic E-state index is 14.3. The van der Waals surface area contributed by atoms with E-state index in [1.54, 1.807) is 26.0 Å². The number of nitrogens with zero attached hydrogens (tertiary/aromatic N) is 5. The molecular weight excluding hydrogens is 539 g/mol. The number of hydrogen-bond acceptors (Lipinski definition) is 10. The zero-order valence-corrected chi connectivity index (χ0v) is 24.1. The van der Waals surface area contributed by atoms with Crippen LogP contribution in [0.1, 0.15) is 19.4 Å². The van der Waals surface area contributed by atoms with Crippen molar-refractivity contribution in [2.24, 2.45) is 0 Å². The van der Waals surface area contributed by atoms with Crippen molar-refractivity contribution in [3.63, 3.8) is 0 Å². The van der Waals surface area contributed by atoms with Crippen molar-refractivity contribution in [2.45, 2.75) is 19.4 Å². The number of carbonyl (C=O) groups is 1. The Kier molecular flexibility index (Phi) is 9.85. The number of benzene rings is 2. The molecule has 0 radical (unpaired) electrons. The lowest BCUT2D eigenvalue weighted by atomic mass is 9.96. The normalized spacial score (nSPS) is 11.2. The summed E-state index contributed by atoms with van der Waals surface area (Å²) in [6.07, 6.45) is 2.45. The van der Waals surface area contributed by atoms with Gasteiger partial charge in [0.2, 0.25) is 17.8 Å². The molecule has 0 fully saturated rings. The molecule has 13 heteroatoms. The van der Waals surface area contributed by atoms with Gasteiger partial charge in [-0.05, 0) is 52.2 Å². The van der Waals surface area contributed by atoms with Crippen molar-refractivity contribution in [2.75, 3.05) is 62.2 Å². The van der Waals surface area contributed by atoms with Gasteiger partial charge in [-0.3, -0.25) is 4.79 Å². The number of anilines is 6. The SMILES string of the molecule is C=CC(=O)Nc1cc(Nc2ncnc(Nc3cc(F)c(Cl)cc3C(C)(C)O)n2)c(OC)cc1N(C)CCN(C)C. The monoisotopic (exact) mass is 572 g/mol. The number of carbonyl (C=O) groups excluding carboxylic acids is 1. The summed E-state index contributed by atoms with van der Waals surface area (Å²) in [6.45, 7) is 8.13. The number of ether oxygens (including phenoxy) is 1. The van der Waals surface area contributed by atoms with Crippen LogP contribution >= 0.6 is 11.6 Å². The first-order chi connectivity index (χ1) is 18.8. The summed E-state index contributed by atoms with van der Waals surface area (Å²) in [5.74, 6) is -0.335. The Morgan fingerprint density at radius 3 is 2.33 bits per heavy atom. The Morgan fingerprint density at radius 1 is 1.10 bits per heavy atom. The summed E-state index contributed by atoms with van der Waals surface area (Å²) in [5.41, 5.74) is 0.999. The van der Waals surface area contributed by atoms with E-state index in [0.29, 0.717) is 29.2 Å². The fourth-order valence-electron chi connectivity index (χ4n) is 3.72. The Hall–Kier alpha value is -4.00. The third-order valence-corrected chi connectivity index (χ3v) is 6.13.